The molecule has 1 aliphatic rings. The van der Waals surface area contributed by atoms with Crippen molar-refractivity contribution in [3.8, 4) is 0 Å². The first-order valence-electron chi connectivity index (χ1n) is 10.7. The van der Waals surface area contributed by atoms with Gasteiger partial charge >= 0.3 is 0 Å². The van der Waals surface area contributed by atoms with Crippen molar-refractivity contribution in [2.45, 2.75) is 36.9 Å². The highest BCUT2D eigenvalue weighted by molar-refractivity contribution is 7.89. The van der Waals surface area contributed by atoms with Gasteiger partial charge in [0.2, 0.25) is 10.0 Å². The van der Waals surface area contributed by atoms with Gasteiger partial charge in [-0.05, 0) is 54.6 Å². The number of thiophene rings is 1. The predicted molar refractivity (Wildman–Crippen MR) is 127 cm³/mol. The van der Waals surface area contributed by atoms with Gasteiger partial charge in [-0.3, -0.25) is 9.69 Å². The fraction of sp³-hybridized carbons (Fsp3) is 0.292. The number of carbonyl (C=O) groups is 1. The molecular weight excluding hydrogens is 442 g/mol. The van der Waals surface area contributed by atoms with E-state index < -0.39 is 10.0 Å². The summed E-state index contributed by atoms with van der Waals surface area (Å²) in [5.74, 6) is -0.244. The zero-order valence-electron chi connectivity index (χ0n) is 17.7. The van der Waals surface area contributed by atoms with Crippen LogP contribution >= 0.6 is 11.3 Å². The number of rotatable bonds is 8. The second-order valence-electron chi connectivity index (χ2n) is 7.97. The van der Waals surface area contributed by atoms with Crippen molar-refractivity contribution in [2.75, 3.05) is 13.1 Å². The van der Waals surface area contributed by atoms with Crippen LogP contribution in [-0.2, 0) is 23.1 Å². The molecule has 32 heavy (non-hydrogen) atoms. The number of sulfonamides is 1. The van der Waals surface area contributed by atoms with Gasteiger partial charge in [0.25, 0.3) is 5.91 Å². The van der Waals surface area contributed by atoms with E-state index in [9.17, 15) is 13.2 Å². The summed E-state index contributed by atoms with van der Waals surface area (Å²) in [5.41, 5.74) is 1.61. The Balaban J connectivity index is 1.37. The van der Waals surface area contributed by atoms with Crippen LogP contribution in [0.4, 0.5) is 0 Å². The normalized spacial score (nSPS) is 17.2. The van der Waals surface area contributed by atoms with Gasteiger partial charge < -0.3 is 5.32 Å². The number of hydrogen-bond acceptors (Lipinski definition) is 5. The van der Waals surface area contributed by atoms with E-state index in [-0.39, 0.29) is 23.4 Å². The Hall–Kier alpha value is -2.52. The van der Waals surface area contributed by atoms with Crippen molar-refractivity contribution < 1.29 is 13.2 Å². The summed E-state index contributed by atoms with van der Waals surface area (Å²) in [6, 6.07) is 20.3. The number of nitrogens with zero attached hydrogens (tertiary/aromatic N) is 1. The zero-order valence-corrected chi connectivity index (χ0v) is 19.4. The molecule has 1 saturated heterocycles. The minimum absolute atomic E-state index is 0.0391. The van der Waals surface area contributed by atoms with Crippen molar-refractivity contribution in [1.29, 1.82) is 0 Å². The topological polar surface area (TPSA) is 78.5 Å². The number of likely N-dealkylation sites (tertiary alicyclic amines) is 1. The summed E-state index contributed by atoms with van der Waals surface area (Å²) in [5, 5.41) is 4.99. The number of piperidine rings is 1. The molecule has 3 aromatic rings. The quantitative estimate of drug-likeness (QED) is 0.528. The van der Waals surface area contributed by atoms with Gasteiger partial charge in [-0.25, -0.2) is 13.1 Å². The standard InChI is InChI=1S/C24H27N3O3S2/c28-24(26-21-10-5-13-27(18-21)17-19-7-2-1-3-8-19)20-9-4-12-23(15-20)32(29,30)25-16-22-11-6-14-31-22/h1-4,6-9,11-12,14-15,21,25H,5,10,13,16-18H2,(H,26,28). The number of benzene rings is 2. The molecule has 0 bridgehead atoms. The predicted octanol–water partition coefficient (Wildman–Crippen LogP) is 3.62. The van der Waals surface area contributed by atoms with Gasteiger partial charge in [0.1, 0.15) is 0 Å². The van der Waals surface area contributed by atoms with Crippen LogP contribution in [0.3, 0.4) is 0 Å². The van der Waals surface area contributed by atoms with E-state index in [2.05, 4.69) is 27.1 Å². The van der Waals surface area contributed by atoms with Crippen molar-refractivity contribution >= 4 is 27.3 Å². The van der Waals surface area contributed by atoms with E-state index in [1.807, 2.05) is 35.7 Å². The summed E-state index contributed by atoms with van der Waals surface area (Å²) < 4.78 is 27.9. The van der Waals surface area contributed by atoms with Crippen LogP contribution in [0.2, 0.25) is 0 Å². The van der Waals surface area contributed by atoms with Crippen molar-refractivity contribution in [2.24, 2.45) is 0 Å². The largest absolute Gasteiger partial charge is 0.348 e. The Morgan fingerprint density at radius 2 is 1.91 bits per heavy atom. The molecule has 0 spiro atoms. The van der Waals surface area contributed by atoms with Gasteiger partial charge in [-0.1, -0.05) is 42.5 Å². The van der Waals surface area contributed by atoms with Crippen molar-refractivity contribution in [3.63, 3.8) is 0 Å². The third-order valence-electron chi connectivity index (χ3n) is 5.51. The summed E-state index contributed by atoms with van der Waals surface area (Å²) >= 11 is 1.49. The first-order chi connectivity index (χ1) is 15.5. The number of nitrogens with one attached hydrogen (secondary N) is 2. The Kier molecular flexibility index (Phi) is 7.36. The van der Waals surface area contributed by atoms with Gasteiger partial charge in [-0.15, -0.1) is 11.3 Å². The van der Waals surface area contributed by atoms with Gasteiger partial charge in [-0.2, -0.15) is 0 Å². The van der Waals surface area contributed by atoms with Crippen LogP contribution in [0.1, 0.15) is 33.6 Å². The van der Waals surface area contributed by atoms with Crippen molar-refractivity contribution in [1.82, 2.24) is 14.9 Å². The molecular formula is C24H27N3O3S2. The van der Waals surface area contributed by atoms with Crippen LogP contribution in [0.15, 0.2) is 77.0 Å². The molecule has 6 nitrogen and oxygen atoms in total. The molecule has 0 radical (unpaired) electrons. The van der Waals surface area contributed by atoms with Crippen LogP contribution in [0.25, 0.3) is 0 Å². The van der Waals surface area contributed by atoms with Gasteiger partial charge in [0.15, 0.2) is 0 Å². The average molecular weight is 470 g/mol. The molecule has 4 rings (SSSR count). The molecule has 1 aliphatic heterocycles. The molecule has 0 saturated carbocycles. The molecule has 1 amide bonds. The highest BCUT2D eigenvalue weighted by Crippen LogP contribution is 2.17. The first-order valence-corrected chi connectivity index (χ1v) is 13.1. The first kappa shape index (κ1) is 22.7. The summed E-state index contributed by atoms with van der Waals surface area (Å²) in [4.78, 5) is 16.2. The summed E-state index contributed by atoms with van der Waals surface area (Å²) in [6.45, 7) is 2.87. The molecule has 1 fully saturated rings. The highest BCUT2D eigenvalue weighted by atomic mass is 32.2. The fourth-order valence-corrected chi connectivity index (χ4v) is 5.68. The van der Waals surface area contributed by atoms with Crippen LogP contribution in [-0.4, -0.2) is 38.4 Å². The lowest BCUT2D eigenvalue weighted by Gasteiger charge is -2.33. The van der Waals surface area contributed by atoms with E-state index in [1.54, 1.807) is 12.1 Å². The lowest BCUT2D eigenvalue weighted by molar-refractivity contribution is 0.0900. The summed E-state index contributed by atoms with van der Waals surface area (Å²) in [7, 11) is -3.70. The third-order valence-corrected chi connectivity index (χ3v) is 7.79. The molecule has 2 N–H and O–H groups in total. The molecule has 1 unspecified atom stereocenters. The van der Waals surface area contributed by atoms with Crippen LogP contribution in [0.5, 0.6) is 0 Å². The molecule has 2 heterocycles. The summed E-state index contributed by atoms with van der Waals surface area (Å²) in [6.07, 6.45) is 1.93. The SMILES string of the molecule is O=C(NC1CCCN(Cc2ccccc2)C1)c1cccc(S(=O)(=O)NCc2cccs2)c1. The van der Waals surface area contributed by atoms with E-state index in [0.717, 1.165) is 37.4 Å². The van der Waals surface area contributed by atoms with Crippen LogP contribution < -0.4 is 10.0 Å². The maximum Gasteiger partial charge on any atom is 0.251 e. The second kappa shape index (κ2) is 10.4. The molecule has 168 valence electrons. The van der Waals surface area contributed by atoms with Gasteiger partial charge in [0.05, 0.1) is 4.90 Å². The van der Waals surface area contributed by atoms with E-state index in [1.165, 1.54) is 29.0 Å². The van der Waals surface area contributed by atoms with Crippen molar-refractivity contribution in [3.05, 3.63) is 88.1 Å². The van der Waals surface area contributed by atoms with Crippen LogP contribution in [0, 0.1) is 0 Å². The van der Waals surface area contributed by atoms with E-state index >= 15 is 0 Å². The lowest BCUT2D eigenvalue weighted by atomic mass is 10.0. The Morgan fingerprint density at radius 1 is 1.06 bits per heavy atom. The monoisotopic (exact) mass is 469 g/mol. The highest BCUT2D eigenvalue weighted by Gasteiger charge is 2.23. The Morgan fingerprint density at radius 3 is 2.69 bits per heavy atom. The molecule has 1 aromatic heterocycles. The lowest BCUT2D eigenvalue weighted by Crippen LogP contribution is -2.47. The maximum atomic E-state index is 12.9. The second-order valence-corrected chi connectivity index (χ2v) is 10.8. The smallest absolute Gasteiger partial charge is 0.251 e. The Labute approximate surface area is 193 Å². The van der Waals surface area contributed by atoms with Gasteiger partial charge in [0, 0.05) is 36.1 Å². The molecule has 0 aliphatic carbocycles. The minimum atomic E-state index is -3.70. The molecule has 1 atom stereocenters. The zero-order chi connectivity index (χ0) is 22.4. The van der Waals surface area contributed by atoms with E-state index in [4.69, 9.17) is 0 Å². The third kappa shape index (κ3) is 6.04. The Bertz CT molecular complexity index is 1130. The maximum absolute atomic E-state index is 12.9. The molecule has 2 aromatic carbocycles. The number of amides is 1. The molecule has 8 heteroatoms. The average Bonchev–Trinajstić information content (AvgIpc) is 3.33. The fourth-order valence-electron chi connectivity index (χ4n) is 3.89. The number of carbonyl (C=O) groups excluding carboxylic acids is 1. The number of hydrogen-bond donors (Lipinski definition) is 2. The van der Waals surface area contributed by atoms with E-state index in [0.29, 0.717) is 5.56 Å². The minimum Gasteiger partial charge on any atom is -0.348 e.